The monoisotopic (exact) mass is 391 g/mol. The number of rotatable bonds is 7. The van der Waals surface area contributed by atoms with E-state index in [-0.39, 0.29) is 29.5 Å². The van der Waals surface area contributed by atoms with Crippen LogP contribution in [0.25, 0.3) is 0 Å². The van der Waals surface area contributed by atoms with Crippen molar-refractivity contribution in [3.05, 3.63) is 28.2 Å². The zero-order valence-electron chi connectivity index (χ0n) is 16.4. The number of aryl methyl sites for hydroxylation is 1. The van der Waals surface area contributed by atoms with Gasteiger partial charge in [-0.3, -0.25) is 19.3 Å². The summed E-state index contributed by atoms with van der Waals surface area (Å²) in [6.45, 7) is 3.18. The summed E-state index contributed by atoms with van der Waals surface area (Å²) in [4.78, 5) is 39.7. The zero-order valence-corrected chi connectivity index (χ0v) is 16.4. The van der Waals surface area contributed by atoms with Gasteiger partial charge in [0.1, 0.15) is 0 Å². The molecule has 2 amide bonds. The lowest BCUT2D eigenvalue weighted by Crippen LogP contribution is -2.45. The molecule has 0 unspecified atom stereocenters. The number of ether oxygens (including phenoxy) is 1. The van der Waals surface area contributed by atoms with Crippen molar-refractivity contribution in [2.24, 2.45) is 0 Å². The molecule has 0 aromatic carbocycles. The maximum atomic E-state index is 12.5. The van der Waals surface area contributed by atoms with Crippen molar-refractivity contribution in [3.63, 3.8) is 0 Å². The zero-order chi connectivity index (χ0) is 19.9. The Hall–Kier alpha value is -2.26. The molecule has 28 heavy (non-hydrogen) atoms. The van der Waals surface area contributed by atoms with Gasteiger partial charge < -0.3 is 15.0 Å². The molecule has 2 aliphatic rings. The second-order valence-corrected chi connectivity index (χ2v) is 7.46. The molecule has 0 radical (unpaired) electrons. The van der Waals surface area contributed by atoms with Crippen LogP contribution in [0.5, 0.6) is 0 Å². The minimum absolute atomic E-state index is 0.0331. The second-order valence-electron chi connectivity index (χ2n) is 7.46. The fourth-order valence-electron chi connectivity index (χ4n) is 3.80. The Kier molecular flexibility index (Phi) is 7.16. The number of carbonyl (C=O) groups is 2. The molecule has 3 rings (SSSR count). The van der Waals surface area contributed by atoms with Crippen LogP contribution in [0.3, 0.4) is 0 Å². The summed E-state index contributed by atoms with van der Waals surface area (Å²) >= 11 is 0. The fraction of sp³-hybridized carbons (Fsp3) is 0.684. The average molecular weight is 391 g/mol. The summed E-state index contributed by atoms with van der Waals surface area (Å²) in [6, 6.07) is 3.51. The molecule has 3 heterocycles. The van der Waals surface area contributed by atoms with Gasteiger partial charge in [0.25, 0.3) is 5.56 Å². The average Bonchev–Trinajstić information content (AvgIpc) is 3.06. The summed E-state index contributed by atoms with van der Waals surface area (Å²) in [5.74, 6) is 0.160. The number of aromatic amines is 1. The van der Waals surface area contributed by atoms with Crippen molar-refractivity contribution < 1.29 is 14.3 Å². The summed E-state index contributed by atoms with van der Waals surface area (Å²) in [5, 5.41) is 9.26. The van der Waals surface area contributed by atoms with Gasteiger partial charge in [-0.05, 0) is 26.0 Å². The van der Waals surface area contributed by atoms with E-state index in [9.17, 15) is 14.4 Å². The Morgan fingerprint density at radius 2 is 2.00 bits per heavy atom. The van der Waals surface area contributed by atoms with E-state index in [0.717, 1.165) is 12.8 Å². The summed E-state index contributed by atoms with van der Waals surface area (Å²) < 4.78 is 5.30. The summed E-state index contributed by atoms with van der Waals surface area (Å²) in [5.41, 5.74) is 0.438. The molecule has 0 aliphatic carbocycles. The van der Waals surface area contributed by atoms with Crippen molar-refractivity contribution in [1.29, 1.82) is 0 Å². The highest BCUT2D eigenvalue weighted by atomic mass is 16.5. The lowest BCUT2D eigenvalue weighted by Gasteiger charge is -2.30. The summed E-state index contributed by atoms with van der Waals surface area (Å²) in [7, 11) is 2.03. The maximum Gasteiger partial charge on any atom is 0.264 e. The lowest BCUT2D eigenvalue weighted by molar-refractivity contribution is -0.136. The molecule has 154 valence electrons. The molecule has 0 saturated carbocycles. The largest absolute Gasteiger partial charge is 0.378 e. The number of nitrogens with one attached hydrogen (secondary N) is 2. The quantitative estimate of drug-likeness (QED) is 0.651. The number of amides is 2. The number of morpholine rings is 1. The Morgan fingerprint density at radius 3 is 2.71 bits per heavy atom. The van der Waals surface area contributed by atoms with E-state index in [1.54, 1.807) is 6.07 Å². The molecule has 2 fully saturated rings. The van der Waals surface area contributed by atoms with Crippen molar-refractivity contribution >= 4 is 11.8 Å². The normalized spacial score (nSPS) is 23.0. The van der Waals surface area contributed by atoms with E-state index in [4.69, 9.17) is 4.74 Å². The first-order chi connectivity index (χ1) is 13.5. The van der Waals surface area contributed by atoms with Crippen LogP contribution in [-0.2, 0) is 20.7 Å². The van der Waals surface area contributed by atoms with Crippen molar-refractivity contribution in [2.75, 3.05) is 39.9 Å². The first-order valence-electron chi connectivity index (χ1n) is 9.91. The minimum Gasteiger partial charge on any atom is -0.378 e. The van der Waals surface area contributed by atoms with Gasteiger partial charge >= 0.3 is 0 Å². The minimum atomic E-state index is -0.251. The second kappa shape index (κ2) is 9.79. The van der Waals surface area contributed by atoms with Crippen LogP contribution in [-0.4, -0.2) is 83.8 Å². The Labute approximate surface area is 164 Å². The van der Waals surface area contributed by atoms with Gasteiger partial charge in [-0.25, -0.2) is 5.10 Å². The van der Waals surface area contributed by atoms with Crippen LogP contribution < -0.4 is 10.9 Å². The first kappa shape index (κ1) is 20.5. The number of likely N-dealkylation sites (N-methyl/N-ethyl adjacent to an activating group) is 1. The molecule has 1 aromatic heterocycles. The summed E-state index contributed by atoms with van der Waals surface area (Å²) in [6.07, 6.45) is 3.28. The molecule has 9 nitrogen and oxygen atoms in total. The molecule has 0 spiro atoms. The van der Waals surface area contributed by atoms with Gasteiger partial charge in [0.05, 0.1) is 18.9 Å². The predicted molar refractivity (Wildman–Crippen MR) is 103 cm³/mol. The first-order valence-corrected chi connectivity index (χ1v) is 9.91. The number of likely N-dealkylation sites (tertiary alicyclic amines) is 1. The topological polar surface area (TPSA) is 108 Å². The molecule has 9 heteroatoms. The molecule has 2 atom stereocenters. The van der Waals surface area contributed by atoms with Crippen LogP contribution in [0.1, 0.15) is 31.4 Å². The highest BCUT2D eigenvalue weighted by Crippen LogP contribution is 2.25. The van der Waals surface area contributed by atoms with E-state index in [2.05, 4.69) is 20.4 Å². The van der Waals surface area contributed by atoms with E-state index in [1.807, 2.05) is 11.9 Å². The van der Waals surface area contributed by atoms with Gasteiger partial charge in [0, 0.05) is 57.0 Å². The SMILES string of the molecule is CN1[C@@H](CC(=O)N2CCOCC2)CC[C@H]1CNC(=O)CCc1ccc(=O)[nH]n1. The maximum absolute atomic E-state index is 12.5. The van der Waals surface area contributed by atoms with E-state index < -0.39 is 0 Å². The van der Waals surface area contributed by atoms with Crippen molar-refractivity contribution in [1.82, 2.24) is 25.3 Å². The van der Waals surface area contributed by atoms with Gasteiger partial charge in [0.2, 0.25) is 11.8 Å². The number of aromatic nitrogens is 2. The molecule has 2 aliphatic heterocycles. The highest BCUT2D eigenvalue weighted by Gasteiger charge is 2.33. The Bertz CT molecular complexity index is 711. The van der Waals surface area contributed by atoms with Crippen LogP contribution >= 0.6 is 0 Å². The molecule has 0 bridgehead atoms. The van der Waals surface area contributed by atoms with E-state index in [1.165, 1.54) is 6.07 Å². The molecule has 1 aromatic rings. The number of hydrogen-bond acceptors (Lipinski definition) is 6. The van der Waals surface area contributed by atoms with Crippen LogP contribution in [0.2, 0.25) is 0 Å². The number of H-pyrrole nitrogens is 1. The fourth-order valence-corrected chi connectivity index (χ4v) is 3.80. The standard InChI is InChI=1S/C19H29N5O4/c1-23-15(12-19(27)24-8-10-28-11-9-24)4-5-16(23)13-20-17(25)6-2-14-3-7-18(26)22-21-14/h3,7,15-16H,2,4-6,8-13H2,1H3,(H,20,25)(H,22,26)/t15-,16+/m1/s1. The number of nitrogens with zero attached hydrogens (tertiary/aromatic N) is 3. The van der Waals surface area contributed by atoms with E-state index in [0.29, 0.717) is 57.8 Å². The van der Waals surface area contributed by atoms with Gasteiger partial charge in [-0.15, -0.1) is 0 Å². The van der Waals surface area contributed by atoms with Crippen molar-refractivity contribution in [2.45, 2.75) is 44.2 Å². The van der Waals surface area contributed by atoms with Gasteiger partial charge in [0.15, 0.2) is 0 Å². The number of carbonyl (C=O) groups excluding carboxylic acids is 2. The Morgan fingerprint density at radius 1 is 1.25 bits per heavy atom. The lowest BCUT2D eigenvalue weighted by atomic mass is 10.1. The van der Waals surface area contributed by atoms with Gasteiger partial charge in [-0.1, -0.05) is 0 Å². The van der Waals surface area contributed by atoms with E-state index >= 15 is 0 Å². The highest BCUT2D eigenvalue weighted by molar-refractivity contribution is 5.77. The number of hydrogen-bond donors (Lipinski definition) is 2. The van der Waals surface area contributed by atoms with Crippen LogP contribution in [0, 0.1) is 0 Å². The molecule has 2 saturated heterocycles. The third kappa shape index (κ3) is 5.62. The van der Waals surface area contributed by atoms with Crippen LogP contribution in [0.4, 0.5) is 0 Å². The Balaban J connectivity index is 1.37. The van der Waals surface area contributed by atoms with Gasteiger partial charge in [-0.2, -0.15) is 5.10 Å². The molecule has 2 N–H and O–H groups in total. The smallest absolute Gasteiger partial charge is 0.264 e. The van der Waals surface area contributed by atoms with Crippen molar-refractivity contribution in [3.8, 4) is 0 Å². The molecular formula is C19H29N5O4. The third-order valence-electron chi connectivity index (χ3n) is 5.64. The third-order valence-corrected chi connectivity index (χ3v) is 5.64. The van der Waals surface area contributed by atoms with Crippen LogP contribution in [0.15, 0.2) is 16.9 Å². The predicted octanol–water partition coefficient (Wildman–Crippen LogP) is -0.470. The molecular weight excluding hydrogens is 362 g/mol.